The zero-order chi connectivity index (χ0) is 19.6. The van der Waals surface area contributed by atoms with Crippen molar-refractivity contribution in [3.63, 3.8) is 0 Å². The highest BCUT2D eigenvalue weighted by Gasteiger charge is 2.17. The minimum atomic E-state index is -0.0882. The number of aryl methyl sites for hydroxylation is 3. The van der Waals surface area contributed by atoms with E-state index in [0.29, 0.717) is 16.7 Å². The zero-order valence-corrected chi connectivity index (χ0v) is 16.6. The van der Waals surface area contributed by atoms with Gasteiger partial charge in [0.05, 0.1) is 23.6 Å². The molecule has 1 aromatic carbocycles. The van der Waals surface area contributed by atoms with Crippen molar-refractivity contribution in [2.45, 2.75) is 38.9 Å². The Kier molecular flexibility index (Phi) is 5.55. The molecule has 0 radical (unpaired) electrons. The first-order valence-electron chi connectivity index (χ1n) is 8.61. The number of hydrogen-bond acceptors (Lipinski definition) is 6. The van der Waals surface area contributed by atoms with Crippen molar-refractivity contribution >= 4 is 17.7 Å². The third-order valence-electron chi connectivity index (χ3n) is 4.51. The summed E-state index contributed by atoms with van der Waals surface area (Å²) >= 11 is 1.24. The molecule has 1 unspecified atom stereocenters. The molecule has 7 nitrogen and oxygen atoms in total. The summed E-state index contributed by atoms with van der Waals surface area (Å²) in [7, 11) is 0. The molecular formula is C19H23N5O2S. The normalized spacial score (nSPS) is 12.1. The first kappa shape index (κ1) is 19.0. The van der Waals surface area contributed by atoms with Gasteiger partial charge < -0.3 is 15.6 Å². The molecular weight excluding hydrogens is 362 g/mol. The van der Waals surface area contributed by atoms with Gasteiger partial charge in [-0.1, -0.05) is 30.0 Å². The van der Waals surface area contributed by atoms with Crippen molar-refractivity contribution < 1.29 is 9.21 Å². The van der Waals surface area contributed by atoms with Gasteiger partial charge in [-0.3, -0.25) is 4.79 Å². The highest BCUT2D eigenvalue weighted by atomic mass is 32.2. The number of furan rings is 1. The number of nitrogens with zero attached hydrogens (tertiary/aromatic N) is 3. The molecule has 0 aliphatic rings. The minimum Gasteiger partial charge on any atom is -0.469 e. The fourth-order valence-corrected chi connectivity index (χ4v) is 3.37. The highest BCUT2D eigenvalue weighted by Crippen LogP contribution is 2.25. The molecule has 3 rings (SSSR count). The number of carbonyl (C=O) groups excluding carboxylic acids is 1. The Labute approximate surface area is 162 Å². The van der Waals surface area contributed by atoms with Crippen molar-refractivity contribution in [1.82, 2.24) is 20.2 Å². The average molecular weight is 385 g/mol. The third kappa shape index (κ3) is 4.16. The third-order valence-corrected chi connectivity index (χ3v) is 5.45. The Bertz CT molecular complexity index is 963. The van der Waals surface area contributed by atoms with E-state index in [2.05, 4.69) is 41.5 Å². The lowest BCUT2D eigenvalue weighted by Gasteiger charge is -2.15. The van der Waals surface area contributed by atoms with Gasteiger partial charge in [0.25, 0.3) is 0 Å². The quantitative estimate of drug-likeness (QED) is 0.499. The molecule has 142 valence electrons. The number of nitrogen functional groups attached to an aromatic ring is 1. The second kappa shape index (κ2) is 7.87. The van der Waals surface area contributed by atoms with Crippen molar-refractivity contribution in [3.8, 4) is 11.4 Å². The molecule has 0 saturated heterocycles. The number of thioether (sulfide) groups is 1. The van der Waals surface area contributed by atoms with Crippen LogP contribution in [-0.4, -0.2) is 26.5 Å². The Morgan fingerprint density at radius 2 is 2.04 bits per heavy atom. The van der Waals surface area contributed by atoms with E-state index >= 15 is 0 Å². The van der Waals surface area contributed by atoms with Gasteiger partial charge in [0.2, 0.25) is 11.1 Å². The Balaban J connectivity index is 1.60. The fraction of sp³-hybridized carbons (Fsp3) is 0.316. The summed E-state index contributed by atoms with van der Waals surface area (Å²) in [5, 5.41) is 11.6. The Morgan fingerprint density at radius 1 is 1.26 bits per heavy atom. The molecule has 2 heterocycles. The minimum absolute atomic E-state index is 0.0720. The SMILES string of the molecule is Cc1ccc(C(C)NC(=O)CSc2nnc(-c3ccoc3C)n2N)cc1C. The summed E-state index contributed by atoms with van der Waals surface area (Å²) in [5.41, 5.74) is 4.31. The van der Waals surface area contributed by atoms with Crippen LogP contribution < -0.4 is 11.2 Å². The van der Waals surface area contributed by atoms with Gasteiger partial charge in [0.15, 0.2) is 5.82 Å². The molecule has 0 spiro atoms. The van der Waals surface area contributed by atoms with Crippen LogP contribution in [0.1, 0.15) is 35.4 Å². The summed E-state index contributed by atoms with van der Waals surface area (Å²) in [4.78, 5) is 12.3. The van der Waals surface area contributed by atoms with Crippen molar-refractivity contribution in [1.29, 1.82) is 0 Å². The highest BCUT2D eigenvalue weighted by molar-refractivity contribution is 7.99. The number of hydrogen-bond donors (Lipinski definition) is 2. The van der Waals surface area contributed by atoms with Crippen LogP contribution in [0.4, 0.5) is 0 Å². The lowest BCUT2D eigenvalue weighted by Crippen LogP contribution is -2.28. The van der Waals surface area contributed by atoms with Crippen LogP contribution in [0.15, 0.2) is 40.1 Å². The van der Waals surface area contributed by atoms with E-state index in [1.54, 1.807) is 12.3 Å². The second-order valence-corrected chi connectivity index (χ2v) is 7.43. The molecule has 0 bridgehead atoms. The maximum atomic E-state index is 12.3. The molecule has 0 fully saturated rings. The Morgan fingerprint density at radius 3 is 2.70 bits per heavy atom. The van der Waals surface area contributed by atoms with E-state index in [4.69, 9.17) is 10.3 Å². The molecule has 27 heavy (non-hydrogen) atoms. The lowest BCUT2D eigenvalue weighted by atomic mass is 10.0. The topological polar surface area (TPSA) is 99.0 Å². The van der Waals surface area contributed by atoms with Crippen LogP contribution in [0.25, 0.3) is 11.4 Å². The standard InChI is InChI=1S/C19H23N5O2S/c1-11-5-6-15(9-12(11)2)13(3)21-17(25)10-27-19-23-22-18(24(19)20)16-7-8-26-14(16)4/h5-9,13H,10,20H2,1-4H3,(H,21,25). The van der Waals surface area contributed by atoms with Gasteiger partial charge in [-0.15, -0.1) is 10.2 Å². The average Bonchev–Trinajstić information content (AvgIpc) is 3.20. The zero-order valence-electron chi connectivity index (χ0n) is 15.8. The van der Waals surface area contributed by atoms with Crippen LogP contribution in [0, 0.1) is 20.8 Å². The van der Waals surface area contributed by atoms with Crippen LogP contribution >= 0.6 is 11.8 Å². The van der Waals surface area contributed by atoms with E-state index in [1.807, 2.05) is 19.9 Å². The predicted octanol–water partition coefficient (Wildman–Crippen LogP) is 3.15. The summed E-state index contributed by atoms with van der Waals surface area (Å²) in [6.07, 6.45) is 1.58. The van der Waals surface area contributed by atoms with Gasteiger partial charge >= 0.3 is 0 Å². The molecule has 0 aliphatic heterocycles. The molecule has 1 amide bonds. The van der Waals surface area contributed by atoms with Crippen LogP contribution in [-0.2, 0) is 4.79 Å². The summed E-state index contributed by atoms with van der Waals surface area (Å²) in [6, 6.07) is 7.92. The molecule has 3 N–H and O–H groups in total. The first-order chi connectivity index (χ1) is 12.9. The largest absolute Gasteiger partial charge is 0.469 e. The van der Waals surface area contributed by atoms with Crippen molar-refractivity contribution in [2.75, 3.05) is 11.6 Å². The molecule has 0 saturated carbocycles. The monoisotopic (exact) mass is 385 g/mol. The number of rotatable bonds is 6. The Hall–Kier alpha value is -2.74. The smallest absolute Gasteiger partial charge is 0.230 e. The molecule has 3 aromatic rings. The summed E-state index contributed by atoms with van der Waals surface area (Å²) < 4.78 is 6.65. The number of nitrogens with two attached hydrogens (primary N) is 1. The first-order valence-corrected chi connectivity index (χ1v) is 9.59. The maximum Gasteiger partial charge on any atom is 0.230 e. The number of aromatic nitrogens is 3. The number of carbonyl (C=O) groups is 1. The van der Waals surface area contributed by atoms with Gasteiger partial charge in [-0.25, -0.2) is 4.68 Å². The van der Waals surface area contributed by atoms with Gasteiger partial charge in [0.1, 0.15) is 5.76 Å². The van der Waals surface area contributed by atoms with E-state index in [9.17, 15) is 4.79 Å². The summed E-state index contributed by atoms with van der Waals surface area (Å²) in [5.74, 6) is 7.41. The number of nitrogens with one attached hydrogen (secondary N) is 1. The number of amides is 1. The second-order valence-electron chi connectivity index (χ2n) is 6.49. The van der Waals surface area contributed by atoms with Gasteiger partial charge in [-0.05, 0) is 50.5 Å². The molecule has 8 heteroatoms. The van der Waals surface area contributed by atoms with E-state index in [0.717, 1.165) is 11.1 Å². The summed E-state index contributed by atoms with van der Waals surface area (Å²) in [6.45, 7) is 7.94. The van der Waals surface area contributed by atoms with E-state index in [-0.39, 0.29) is 17.7 Å². The van der Waals surface area contributed by atoms with Crippen LogP contribution in [0.2, 0.25) is 0 Å². The molecule has 2 aromatic heterocycles. The lowest BCUT2D eigenvalue weighted by molar-refractivity contribution is -0.119. The molecule has 1 atom stereocenters. The van der Waals surface area contributed by atoms with Gasteiger partial charge in [0, 0.05) is 0 Å². The number of benzene rings is 1. The van der Waals surface area contributed by atoms with Crippen molar-refractivity contribution in [3.05, 3.63) is 53.0 Å². The maximum absolute atomic E-state index is 12.3. The molecule has 0 aliphatic carbocycles. The van der Waals surface area contributed by atoms with Gasteiger partial charge in [-0.2, -0.15) is 0 Å². The van der Waals surface area contributed by atoms with Crippen molar-refractivity contribution in [2.24, 2.45) is 0 Å². The predicted molar refractivity (Wildman–Crippen MR) is 106 cm³/mol. The van der Waals surface area contributed by atoms with Crippen LogP contribution in [0.5, 0.6) is 0 Å². The van der Waals surface area contributed by atoms with E-state index < -0.39 is 0 Å². The van der Waals surface area contributed by atoms with E-state index in [1.165, 1.54) is 27.6 Å². The fourth-order valence-electron chi connectivity index (χ4n) is 2.71. The van der Waals surface area contributed by atoms with Crippen LogP contribution in [0.3, 0.4) is 0 Å².